The molecule has 0 unspecified atom stereocenters. The van der Waals surface area contributed by atoms with Gasteiger partial charge in [-0.15, -0.1) is 17.0 Å². The van der Waals surface area contributed by atoms with Gasteiger partial charge in [0.25, 0.3) is 0 Å². The van der Waals surface area contributed by atoms with Gasteiger partial charge in [0.15, 0.2) is 9.84 Å². The summed E-state index contributed by atoms with van der Waals surface area (Å²) in [5, 5.41) is 3.12. The molecule has 0 amide bonds. The Morgan fingerprint density at radius 2 is 1.55 bits per heavy atom. The molecule has 11 heavy (non-hydrogen) atoms. The van der Waals surface area contributed by atoms with Gasteiger partial charge in [0, 0.05) is 13.1 Å². The van der Waals surface area contributed by atoms with Crippen LogP contribution in [0.25, 0.3) is 0 Å². The van der Waals surface area contributed by atoms with Gasteiger partial charge in [-0.3, -0.25) is 0 Å². The van der Waals surface area contributed by atoms with Gasteiger partial charge in [-0.2, -0.15) is 0 Å². The Morgan fingerprint density at radius 3 is 2.00 bits per heavy atom. The molecule has 0 aromatic carbocycles. The van der Waals surface area contributed by atoms with Crippen LogP contribution in [-0.4, -0.2) is 33.0 Å². The first-order valence-corrected chi connectivity index (χ1v) is 5.10. The maximum absolute atomic E-state index is 11.0. The summed E-state index contributed by atoms with van der Waals surface area (Å²) in [5.74, 6) is 0.602. The molecule has 0 bridgehead atoms. The number of halogens is 1. The Hall–Kier alpha value is 0.130. The molecule has 0 radical (unpaired) electrons. The third-order valence-electron chi connectivity index (χ3n) is 1.97. The van der Waals surface area contributed by atoms with Crippen LogP contribution in [0, 0.1) is 0 Å². The Morgan fingerprint density at radius 1 is 1.09 bits per heavy atom. The molecule has 2 aliphatic heterocycles. The molecule has 1 N–H and O–H groups in total. The Balaban J connectivity index is 0.000000605. The molecule has 0 aromatic heterocycles. The van der Waals surface area contributed by atoms with Crippen molar-refractivity contribution < 1.29 is 8.42 Å². The second kappa shape index (κ2) is 2.88. The summed E-state index contributed by atoms with van der Waals surface area (Å²) in [5.41, 5.74) is 2.22. The Kier molecular flexibility index (Phi) is 2.41. The van der Waals surface area contributed by atoms with Crippen LogP contribution in [0.5, 0.6) is 0 Å². The normalized spacial score (nSPS) is 26.5. The molecule has 64 valence electrons. The number of hydrogen-bond donors (Lipinski definition) is 1. The molecule has 3 nitrogen and oxygen atoms in total. The van der Waals surface area contributed by atoms with E-state index in [2.05, 4.69) is 5.32 Å². The van der Waals surface area contributed by atoms with E-state index < -0.39 is 9.84 Å². The number of rotatable bonds is 0. The average molecular weight is 240 g/mol. The predicted octanol–water partition coefficient (Wildman–Crippen LogP) is -0.107. The summed E-state index contributed by atoms with van der Waals surface area (Å²) in [6.45, 7) is 1.57. The summed E-state index contributed by atoms with van der Waals surface area (Å²) in [4.78, 5) is 0. The van der Waals surface area contributed by atoms with E-state index in [1.165, 1.54) is 0 Å². The standard InChI is InChI=1S/C6H9NO2S.BrH/c8-10(9)3-5-1-7-2-6(5)4-10;/h7H,1-4H2;1H. The van der Waals surface area contributed by atoms with Crippen LogP contribution in [0.1, 0.15) is 0 Å². The Labute approximate surface area is 76.6 Å². The highest BCUT2D eigenvalue weighted by Gasteiger charge is 2.29. The highest BCUT2D eigenvalue weighted by molar-refractivity contribution is 8.93. The van der Waals surface area contributed by atoms with Gasteiger partial charge in [0.05, 0.1) is 11.5 Å². The molecule has 2 rings (SSSR count). The summed E-state index contributed by atoms with van der Waals surface area (Å²) in [6.07, 6.45) is 0. The first-order valence-electron chi connectivity index (χ1n) is 3.28. The molecule has 0 saturated carbocycles. The minimum Gasteiger partial charge on any atom is -0.309 e. The maximum atomic E-state index is 11.0. The van der Waals surface area contributed by atoms with E-state index in [-0.39, 0.29) is 17.0 Å². The lowest BCUT2D eigenvalue weighted by atomic mass is 10.2. The van der Waals surface area contributed by atoms with Crippen molar-refractivity contribution in [3.8, 4) is 0 Å². The first kappa shape index (κ1) is 9.22. The van der Waals surface area contributed by atoms with Gasteiger partial charge in [0.1, 0.15) is 0 Å². The van der Waals surface area contributed by atoms with Crippen molar-refractivity contribution in [3.63, 3.8) is 0 Å². The highest BCUT2D eigenvalue weighted by Crippen LogP contribution is 2.21. The van der Waals surface area contributed by atoms with Crippen molar-refractivity contribution in [2.45, 2.75) is 0 Å². The van der Waals surface area contributed by atoms with Crippen molar-refractivity contribution >= 4 is 26.8 Å². The summed E-state index contributed by atoms with van der Waals surface area (Å²) in [7, 11) is -2.72. The third-order valence-corrected chi connectivity index (χ3v) is 3.54. The van der Waals surface area contributed by atoms with E-state index in [1.807, 2.05) is 0 Å². The van der Waals surface area contributed by atoms with Crippen molar-refractivity contribution in [3.05, 3.63) is 11.1 Å². The van der Waals surface area contributed by atoms with Crippen molar-refractivity contribution in [1.82, 2.24) is 5.32 Å². The van der Waals surface area contributed by atoms with Crippen LogP contribution in [0.2, 0.25) is 0 Å². The fourth-order valence-corrected chi connectivity index (χ4v) is 3.28. The highest BCUT2D eigenvalue weighted by atomic mass is 79.9. The van der Waals surface area contributed by atoms with Gasteiger partial charge in [-0.25, -0.2) is 8.42 Å². The van der Waals surface area contributed by atoms with Crippen LogP contribution in [0.4, 0.5) is 0 Å². The smallest absolute Gasteiger partial charge is 0.158 e. The molecule has 0 saturated heterocycles. The minimum atomic E-state index is -2.72. The fraction of sp³-hybridized carbons (Fsp3) is 0.667. The minimum absolute atomic E-state index is 0. The van der Waals surface area contributed by atoms with Crippen molar-refractivity contribution in [2.75, 3.05) is 24.6 Å². The second-order valence-corrected chi connectivity index (χ2v) is 4.91. The van der Waals surface area contributed by atoms with Crippen LogP contribution in [0.15, 0.2) is 11.1 Å². The molecule has 0 spiro atoms. The summed E-state index contributed by atoms with van der Waals surface area (Å²) < 4.78 is 21.9. The lowest BCUT2D eigenvalue weighted by molar-refractivity contribution is 0.601. The van der Waals surface area contributed by atoms with Crippen LogP contribution >= 0.6 is 17.0 Å². The summed E-state index contributed by atoms with van der Waals surface area (Å²) in [6, 6.07) is 0. The van der Waals surface area contributed by atoms with Crippen molar-refractivity contribution in [1.29, 1.82) is 0 Å². The van der Waals surface area contributed by atoms with E-state index in [9.17, 15) is 8.42 Å². The maximum Gasteiger partial charge on any atom is 0.158 e. The molecule has 0 atom stereocenters. The molecule has 2 heterocycles. The van der Waals surface area contributed by atoms with Gasteiger partial charge in [0.2, 0.25) is 0 Å². The zero-order valence-electron chi connectivity index (χ0n) is 5.96. The average Bonchev–Trinajstić information content (AvgIpc) is 2.20. The SMILES string of the molecule is Br.O=S1(=O)CC2=C(CNC2)C1. The third kappa shape index (κ3) is 1.65. The van der Waals surface area contributed by atoms with E-state index in [4.69, 9.17) is 0 Å². The monoisotopic (exact) mass is 239 g/mol. The van der Waals surface area contributed by atoms with E-state index >= 15 is 0 Å². The fourth-order valence-electron chi connectivity index (χ4n) is 1.50. The van der Waals surface area contributed by atoms with E-state index in [0.29, 0.717) is 11.5 Å². The molecule has 0 aliphatic carbocycles. The van der Waals surface area contributed by atoms with E-state index in [1.54, 1.807) is 0 Å². The molecule has 2 aliphatic rings. The predicted molar refractivity (Wildman–Crippen MR) is 48.9 cm³/mol. The van der Waals surface area contributed by atoms with Crippen molar-refractivity contribution in [2.24, 2.45) is 0 Å². The molecule has 5 heteroatoms. The Bertz CT molecular complexity index is 272. The summed E-state index contributed by atoms with van der Waals surface area (Å²) >= 11 is 0. The quantitative estimate of drug-likeness (QED) is 0.601. The van der Waals surface area contributed by atoms with Gasteiger partial charge in [-0.1, -0.05) is 0 Å². The van der Waals surface area contributed by atoms with Gasteiger partial charge < -0.3 is 5.32 Å². The molecule has 0 fully saturated rings. The van der Waals surface area contributed by atoms with Crippen LogP contribution < -0.4 is 5.32 Å². The first-order chi connectivity index (χ1) is 4.67. The number of hydrogen-bond acceptors (Lipinski definition) is 3. The zero-order valence-corrected chi connectivity index (χ0v) is 8.49. The molecular formula is C6H10BrNO2S. The zero-order chi connectivity index (χ0) is 7.19. The largest absolute Gasteiger partial charge is 0.309 e. The number of sulfone groups is 1. The van der Waals surface area contributed by atoms with Crippen LogP contribution in [0.3, 0.4) is 0 Å². The molecule has 0 aromatic rings. The van der Waals surface area contributed by atoms with Gasteiger partial charge >= 0.3 is 0 Å². The van der Waals surface area contributed by atoms with E-state index in [0.717, 1.165) is 24.2 Å². The van der Waals surface area contributed by atoms with Gasteiger partial charge in [-0.05, 0) is 11.1 Å². The van der Waals surface area contributed by atoms with Crippen LogP contribution in [-0.2, 0) is 9.84 Å². The number of nitrogens with one attached hydrogen (secondary N) is 1. The lowest BCUT2D eigenvalue weighted by Gasteiger charge is -1.96. The topological polar surface area (TPSA) is 46.2 Å². The lowest BCUT2D eigenvalue weighted by Crippen LogP contribution is -2.17. The molecular weight excluding hydrogens is 230 g/mol. The second-order valence-electron chi connectivity index (χ2n) is 2.84.